The highest BCUT2D eigenvalue weighted by Crippen LogP contribution is 2.29. The summed E-state index contributed by atoms with van der Waals surface area (Å²) in [5.74, 6) is 0. The van der Waals surface area contributed by atoms with E-state index in [0.29, 0.717) is 5.41 Å². The highest BCUT2D eigenvalue weighted by Gasteiger charge is 2.31. The zero-order valence-electron chi connectivity index (χ0n) is 8.45. The fourth-order valence-corrected chi connectivity index (χ4v) is 2.17. The molecule has 0 amide bonds. The zero-order valence-corrected chi connectivity index (χ0v) is 8.45. The van der Waals surface area contributed by atoms with Gasteiger partial charge in [-0.1, -0.05) is 20.3 Å². The summed E-state index contributed by atoms with van der Waals surface area (Å²) < 4.78 is 0. The first-order valence-corrected chi connectivity index (χ1v) is 5.24. The predicted molar refractivity (Wildman–Crippen MR) is 53.4 cm³/mol. The standard InChI is InChI=1S/C10H22N2/c1-3-5-10(8-11-4-2)6-7-12-9-10/h11-12H,3-9H2,1-2H3. The Hall–Kier alpha value is -0.0800. The number of rotatable bonds is 5. The molecule has 0 aromatic heterocycles. The van der Waals surface area contributed by atoms with Crippen LogP contribution in [0.4, 0.5) is 0 Å². The molecule has 1 saturated heterocycles. The lowest BCUT2D eigenvalue weighted by atomic mass is 9.82. The second kappa shape index (κ2) is 4.83. The molecule has 0 bridgehead atoms. The maximum Gasteiger partial charge on any atom is 0.00205 e. The highest BCUT2D eigenvalue weighted by atomic mass is 15.0. The van der Waals surface area contributed by atoms with Crippen molar-refractivity contribution in [1.82, 2.24) is 10.6 Å². The lowest BCUT2D eigenvalue weighted by Gasteiger charge is -2.27. The lowest BCUT2D eigenvalue weighted by molar-refractivity contribution is 0.279. The van der Waals surface area contributed by atoms with Gasteiger partial charge in [0.15, 0.2) is 0 Å². The third kappa shape index (κ3) is 2.46. The van der Waals surface area contributed by atoms with E-state index in [1.54, 1.807) is 0 Å². The fourth-order valence-electron chi connectivity index (χ4n) is 2.17. The fraction of sp³-hybridized carbons (Fsp3) is 1.00. The van der Waals surface area contributed by atoms with Crippen LogP contribution in [-0.4, -0.2) is 26.2 Å². The van der Waals surface area contributed by atoms with Gasteiger partial charge in [0.1, 0.15) is 0 Å². The summed E-state index contributed by atoms with van der Waals surface area (Å²) in [7, 11) is 0. The van der Waals surface area contributed by atoms with Gasteiger partial charge < -0.3 is 10.6 Å². The van der Waals surface area contributed by atoms with Gasteiger partial charge in [0.25, 0.3) is 0 Å². The van der Waals surface area contributed by atoms with Crippen molar-refractivity contribution in [2.75, 3.05) is 26.2 Å². The minimum absolute atomic E-state index is 0.574. The first kappa shape index (κ1) is 10.0. The Bertz CT molecular complexity index is 117. The van der Waals surface area contributed by atoms with Gasteiger partial charge in [-0.3, -0.25) is 0 Å². The van der Waals surface area contributed by atoms with Gasteiger partial charge >= 0.3 is 0 Å². The Morgan fingerprint density at radius 3 is 2.75 bits per heavy atom. The van der Waals surface area contributed by atoms with Crippen molar-refractivity contribution in [3.63, 3.8) is 0 Å². The smallest absolute Gasteiger partial charge is 0.00205 e. The van der Waals surface area contributed by atoms with Crippen LogP contribution in [0.15, 0.2) is 0 Å². The van der Waals surface area contributed by atoms with E-state index < -0.39 is 0 Å². The molecule has 2 N–H and O–H groups in total. The van der Waals surface area contributed by atoms with Crippen LogP contribution in [-0.2, 0) is 0 Å². The molecular weight excluding hydrogens is 148 g/mol. The zero-order chi connectivity index (χ0) is 8.86. The largest absolute Gasteiger partial charge is 0.316 e. The van der Waals surface area contributed by atoms with Crippen LogP contribution in [0.2, 0.25) is 0 Å². The van der Waals surface area contributed by atoms with Gasteiger partial charge in [-0.25, -0.2) is 0 Å². The van der Waals surface area contributed by atoms with E-state index in [2.05, 4.69) is 24.5 Å². The van der Waals surface area contributed by atoms with Gasteiger partial charge in [0.2, 0.25) is 0 Å². The third-order valence-corrected chi connectivity index (χ3v) is 2.86. The molecule has 2 nitrogen and oxygen atoms in total. The van der Waals surface area contributed by atoms with Crippen molar-refractivity contribution >= 4 is 0 Å². The van der Waals surface area contributed by atoms with E-state index in [-0.39, 0.29) is 0 Å². The third-order valence-electron chi connectivity index (χ3n) is 2.86. The molecule has 0 aliphatic carbocycles. The van der Waals surface area contributed by atoms with E-state index in [1.807, 2.05) is 0 Å². The van der Waals surface area contributed by atoms with Crippen LogP contribution >= 0.6 is 0 Å². The summed E-state index contributed by atoms with van der Waals surface area (Å²) in [6, 6.07) is 0. The summed E-state index contributed by atoms with van der Waals surface area (Å²) in [5.41, 5.74) is 0.574. The monoisotopic (exact) mass is 170 g/mol. The molecule has 72 valence electrons. The molecular formula is C10H22N2. The molecule has 0 spiro atoms. The molecule has 1 aliphatic heterocycles. The van der Waals surface area contributed by atoms with E-state index in [1.165, 1.54) is 38.9 Å². The Balaban J connectivity index is 2.35. The van der Waals surface area contributed by atoms with E-state index >= 15 is 0 Å². The second-order valence-corrected chi connectivity index (χ2v) is 3.96. The van der Waals surface area contributed by atoms with E-state index in [0.717, 1.165) is 6.54 Å². The van der Waals surface area contributed by atoms with Crippen molar-refractivity contribution in [2.24, 2.45) is 5.41 Å². The minimum atomic E-state index is 0.574. The van der Waals surface area contributed by atoms with Gasteiger partial charge in [-0.2, -0.15) is 0 Å². The van der Waals surface area contributed by atoms with Crippen LogP contribution in [0.25, 0.3) is 0 Å². The van der Waals surface area contributed by atoms with Gasteiger partial charge in [0, 0.05) is 13.1 Å². The maximum atomic E-state index is 3.48. The van der Waals surface area contributed by atoms with E-state index in [4.69, 9.17) is 0 Å². The molecule has 1 atom stereocenters. The molecule has 1 fully saturated rings. The Kier molecular flexibility index (Phi) is 4.02. The van der Waals surface area contributed by atoms with Gasteiger partial charge in [-0.05, 0) is 31.3 Å². The topological polar surface area (TPSA) is 24.1 Å². The summed E-state index contributed by atoms with van der Waals surface area (Å²) in [6.07, 6.45) is 4.04. The molecule has 1 unspecified atom stereocenters. The molecule has 1 aliphatic rings. The molecule has 0 aromatic rings. The Morgan fingerprint density at radius 2 is 2.25 bits per heavy atom. The molecule has 1 heterocycles. The SMILES string of the molecule is CCCC1(CNCC)CCNC1. The average molecular weight is 170 g/mol. The Morgan fingerprint density at radius 1 is 1.42 bits per heavy atom. The molecule has 0 saturated carbocycles. The van der Waals surface area contributed by atoms with E-state index in [9.17, 15) is 0 Å². The van der Waals surface area contributed by atoms with Crippen molar-refractivity contribution in [3.05, 3.63) is 0 Å². The van der Waals surface area contributed by atoms with Crippen LogP contribution in [0.1, 0.15) is 33.1 Å². The molecule has 0 radical (unpaired) electrons. The number of hydrogen-bond acceptors (Lipinski definition) is 2. The first-order chi connectivity index (χ1) is 5.83. The lowest BCUT2D eigenvalue weighted by Crippen LogP contribution is -2.36. The minimum Gasteiger partial charge on any atom is -0.316 e. The normalized spacial score (nSPS) is 29.5. The van der Waals surface area contributed by atoms with Gasteiger partial charge in [0.05, 0.1) is 0 Å². The quantitative estimate of drug-likeness (QED) is 0.651. The molecule has 1 rings (SSSR count). The molecule has 0 aromatic carbocycles. The highest BCUT2D eigenvalue weighted by molar-refractivity contribution is 4.89. The summed E-state index contributed by atoms with van der Waals surface area (Å²) in [5, 5.41) is 6.94. The number of hydrogen-bond donors (Lipinski definition) is 2. The van der Waals surface area contributed by atoms with Crippen LogP contribution in [0, 0.1) is 5.41 Å². The van der Waals surface area contributed by atoms with Crippen LogP contribution < -0.4 is 10.6 Å². The van der Waals surface area contributed by atoms with Crippen LogP contribution in [0.5, 0.6) is 0 Å². The van der Waals surface area contributed by atoms with Gasteiger partial charge in [-0.15, -0.1) is 0 Å². The summed E-state index contributed by atoms with van der Waals surface area (Å²) >= 11 is 0. The van der Waals surface area contributed by atoms with Crippen molar-refractivity contribution in [3.8, 4) is 0 Å². The van der Waals surface area contributed by atoms with Crippen molar-refractivity contribution in [2.45, 2.75) is 33.1 Å². The Labute approximate surface area is 76.1 Å². The van der Waals surface area contributed by atoms with Crippen LogP contribution in [0.3, 0.4) is 0 Å². The average Bonchev–Trinajstić information content (AvgIpc) is 2.51. The maximum absolute atomic E-state index is 3.48. The number of nitrogens with one attached hydrogen (secondary N) is 2. The second-order valence-electron chi connectivity index (χ2n) is 3.96. The van der Waals surface area contributed by atoms with Crippen molar-refractivity contribution in [1.29, 1.82) is 0 Å². The summed E-state index contributed by atoms with van der Waals surface area (Å²) in [4.78, 5) is 0. The predicted octanol–water partition coefficient (Wildman–Crippen LogP) is 1.38. The first-order valence-electron chi connectivity index (χ1n) is 5.24. The summed E-state index contributed by atoms with van der Waals surface area (Å²) in [6.45, 7) is 9.20. The molecule has 12 heavy (non-hydrogen) atoms. The molecule has 2 heteroatoms. The van der Waals surface area contributed by atoms with Crippen molar-refractivity contribution < 1.29 is 0 Å².